The first kappa shape index (κ1) is 19.8. The number of allylic oxidation sites excluding steroid dienone is 1. The molecule has 0 radical (unpaired) electrons. The van der Waals surface area contributed by atoms with E-state index in [1.54, 1.807) is 23.1 Å². The number of hydrogen-bond donors (Lipinski definition) is 0. The Balaban J connectivity index is 2.50. The van der Waals surface area contributed by atoms with E-state index in [4.69, 9.17) is 0 Å². The van der Waals surface area contributed by atoms with Crippen LogP contribution in [-0.4, -0.2) is 18.5 Å². The first-order valence-electron chi connectivity index (χ1n) is 8.49. The lowest BCUT2D eigenvalue weighted by atomic mass is 10.0. The molecule has 2 aromatic carbocycles. The molecule has 0 saturated carbocycles. The summed E-state index contributed by atoms with van der Waals surface area (Å²) >= 11 is 0. The first-order valence-corrected chi connectivity index (χ1v) is 8.49. The summed E-state index contributed by atoms with van der Waals surface area (Å²) in [6.45, 7) is 4.61. The quantitative estimate of drug-likeness (QED) is 0.589. The topological polar surface area (TPSA) is 20.3 Å². The molecule has 0 aliphatic carbocycles. The predicted octanol–water partition coefficient (Wildman–Crippen LogP) is 5.71. The van der Waals surface area contributed by atoms with Crippen molar-refractivity contribution in [2.75, 3.05) is 11.4 Å². The molecule has 2 aromatic rings. The summed E-state index contributed by atoms with van der Waals surface area (Å²) in [6, 6.07) is 17.1. The van der Waals surface area contributed by atoms with E-state index in [2.05, 4.69) is 0 Å². The fraction of sp³-hybridized carbons (Fsp3) is 0.286. The normalized spacial score (nSPS) is 12.3. The number of halogens is 3. The van der Waals surface area contributed by atoms with E-state index in [1.165, 1.54) is 18.3 Å². The minimum Gasteiger partial charge on any atom is -0.347 e. The van der Waals surface area contributed by atoms with Crippen LogP contribution in [0, 0.1) is 5.92 Å². The maximum absolute atomic E-state index is 13.1. The third kappa shape index (κ3) is 5.48. The molecule has 0 unspecified atom stereocenters. The smallest absolute Gasteiger partial charge is 0.347 e. The van der Waals surface area contributed by atoms with Crippen molar-refractivity contribution in [2.24, 2.45) is 5.92 Å². The van der Waals surface area contributed by atoms with Gasteiger partial charge >= 0.3 is 6.18 Å². The van der Waals surface area contributed by atoms with E-state index in [-0.39, 0.29) is 11.1 Å². The number of anilines is 1. The van der Waals surface area contributed by atoms with E-state index in [0.717, 1.165) is 12.1 Å². The molecular weight excluding hydrogens is 339 g/mol. The maximum Gasteiger partial charge on any atom is 0.454 e. The summed E-state index contributed by atoms with van der Waals surface area (Å²) in [7, 11) is 0. The number of para-hydroxylation sites is 1. The lowest BCUT2D eigenvalue weighted by Crippen LogP contribution is -2.27. The highest BCUT2D eigenvalue weighted by Crippen LogP contribution is 2.28. The van der Waals surface area contributed by atoms with Crippen molar-refractivity contribution in [3.8, 4) is 0 Å². The van der Waals surface area contributed by atoms with E-state index >= 15 is 0 Å². The number of Topliss-reactive ketones (excluding diaryl/α,β-unsaturated/α-hetero) is 1. The van der Waals surface area contributed by atoms with Gasteiger partial charge in [-0.1, -0.05) is 62.4 Å². The molecule has 138 valence electrons. The fourth-order valence-electron chi connectivity index (χ4n) is 2.48. The second kappa shape index (κ2) is 8.70. The Morgan fingerprint density at radius 2 is 1.54 bits per heavy atom. The number of alkyl halides is 3. The average molecular weight is 361 g/mol. The van der Waals surface area contributed by atoms with Gasteiger partial charge in [0, 0.05) is 18.4 Å². The zero-order chi connectivity index (χ0) is 19.2. The molecule has 5 heteroatoms. The van der Waals surface area contributed by atoms with Gasteiger partial charge in [-0.15, -0.1) is 0 Å². The summed E-state index contributed by atoms with van der Waals surface area (Å²) in [5.41, 5.74) is 0.641. The number of hydrogen-bond acceptors (Lipinski definition) is 2. The Morgan fingerprint density at radius 3 is 2.04 bits per heavy atom. The van der Waals surface area contributed by atoms with E-state index in [1.807, 2.05) is 44.2 Å². The summed E-state index contributed by atoms with van der Waals surface area (Å²) in [4.78, 5) is 13.8. The lowest BCUT2D eigenvalue weighted by molar-refractivity contribution is -0.164. The summed E-state index contributed by atoms with van der Waals surface area (Å²) < 4.78 is 39.4. The average Bonchev–Trinajstić information content (AvgIpc) is 2.62. The number of nitrogens with zero attached hydrogens (tertiary/aromatic N) is 1. The Labute approximate surface area is 152 Å². The van der Waals surface area contributed by atoms with E-state index in [0.29, 0.717) is 12.5 Å². The van der Waals surface area contributed by atoms with Crippen LogP contribution in [0.15, 0.2) is 66.9 Å². The van der Waals surface area contributed by atoms with Crippen LogP contribution < -0.4 is 4.90 Å². The van der Waals surface area contributed by atoms with Gasteiger partial charge in [0.25, 0.3) is 5.78 Å². The molecule has 26 heavy (non-hydrogen) atoms. The van der Waals surface area contributed by atoms with Crippen molar-refractivity contribution < 1.29 is 18.0 Å². The fourth-order valence-corrected chi connectivity index (χ4v) is 2.48. The van der Waals surface area contributed by atoms with E-state index < -0.39 is 12.0 Å². The largest absolute Gasteiger partial charge is 0.454 e. The van der Waals surface area contributed by atoms with Crippen molar-refractivity contribution in [1.82, 2.24) is 0 Å². The minimum atomic E-state index is -4.93. The second-order valence-corrected chi connectivity index (χ2v) is 6.45. The van der Waals surface area contributed by atoms with Crippen LogP contribution in [0.2, 0.25) is 0 Å². The van der Waals surface area contributed by atoms with Gasteiger partial charge < -0.3 is 4.90 Å². The van der Waals surface area contributed by atoms with Crippen molar-refractivity contribution in [2.45, 2.75) is 26.4 Å². The van der Waals surface area contributed by atoms with Crippen LogP contribution in [0.4, 0.5) is 18.9 Å². The molecule has 0 bridgehead atoms. The monoisotopic (exact) mass is 361 g/mol. The molecule has 0 spiro atoms. The summed E-state index contributed by atoms with van der Waals surface area (Å²) in [5.74, 6) is -1.46. The molecule has 0 aromatic heterocycles. The molecule has 0 amide bonds. The third-order valence-corrected chi connectivity index (χ3v) is 3.91. The molecule has 0 heterocycles. The molecular formula is C21H22F3NO. The van der Waals surface area contributed by atoms with Crippen LogP contribution in [-0.2, 0) is 4.79 Å². The van der Waals surface area contributed by atoms with Gasteiger partial charge in [0.2, 0.25) is 0 Å². The second-order valence-electron chi connectivity index (χ2n) is 6.45. The standard InChI is InChI=1S/C21H22F3NO/c1-16(2)13-14-25(18-11-7-4-8-12-18)15-19(20(26)21(22,23)24)17-9-5-3-6-10-17/h3-12,15-16H,13-14H2,1-2H3/b19-15-. The maximum atomic E-state index is 13.1. The number of carbonyl (C=O) groups is 1. The lowest BCUT2D eigenvalue weighted by Gasteiger charge is -2.23. The van der Waals surface area contributed by atoms with Crippen molar-refractivity contribution in [3.63, 3.8) is 0 Å². The summed E-state index contributed by atoms with van der Waals surface area (Å²) in [6.07, 6.45) is -2.82. The Bertz CT molecular complexity index is 737. The molecule has 0 atom stereocenters. The predicted molar refractivity (Wildman–Crippen MR) is 98.7 cm³/mol. The minimum absolute atomic E-state index is 0.250. The number of carbonyl (C=O) groups excluding carboxylic acids is 1. The van der Waals surface area contributed by atoms with Gasteiger partial charge in [-0.3, -0.25) is 4.79 Å². The summed E-state index contributed by atoms with van der Waals surface area (Å²) in [5, 5.41) is 0. The molecule has 0 aliphatic rings. The highest BCUT2D eigenvalue weighted by molar-refractivity contribution is 6.23. The first-order chi connectivity index (χ1) is 12.3. The molecule has 0 N–H and O–H groups in total. The Kier molecular flexibility index (Phi) is 6.61. The van der Waals surface area contributed by atoms with Gasteiger partial charge in [-0.2, -0.15) is 13.2 Å². The number of rotatable bonds is 7. The molecule has 0 fully saturated rings. The molecule has 2 rings (SSSR count). The molecule has 0 saturated heterocycles. The van der Waals surface area contributed by atoms with Crippen LogP contribution in [0.25, 0.3) is 5.57 Å². The third-order valence-electron chi connectivity index (χ3n) is 3.91. The molecule has 0 aliphatic heterocycles. The zero-order valence-corrected chi connectivity index (χ0v) is 14.8. The van der Waals surface area contributed by atoms with Crippen LogP contribution >= 0.6 is 0 Å². The van der Waals surface area contributed by atoms with Crippen molar-refractivity contribution in [3.05, 3.63) is 72.4 Å². The number of ketones is 1. The van der Waals surface area contributed by atoms with Gasteiger partial charge in [-0.05, 0) is 30.0 Å². The SMILES string of the molecule is CC(C)CCN(/C=C(\C(=O)C(F)(F)F)c1ccccc1)c1ccccc1. The van der Waals surface area contributed by atoms with Crippen molar-refractivity contribution >= 4 is 17.0 Å². The van der Waals surface area contributed by atoms with Gasteiger partial charge in [0.05, 0.1) is 5.57 Å². The highest BCUT2D eigenvalue weighted by Gasteiger charge is 2.41. The van der Waals surface area contributed by atoms with Crippen LogP contribution in [0.1, 0.15) is 25.8 Å². The molecule has 2 nitrogen and oxygen atoms in total. The van der Waals surface area contributed by atoms with E-state index in [9.17, 15) is 18.0 Å². The van der Waals surface area contributed by atoms with Gasteiger partial charge in [0.1, 0.15) is 0 Å². The van der Waals surface area contributed by atoms with Gasteiger partial charge in [-0.25, -0.2) is 0 Å². The Hall–Kier alpha value is -2.56. The highest BCUT2D eigenvalue weighted by atomic mass is 19.4. The van der Waals surface area contributed by atoms with Crippen LogP contribution in [0.5, 0.6) is 0 Å². The number of benzene rings is 2. The van der Waals surface area contributed by atoms with Crippen molar-refractivity contribution in [1.29, 1.82) is 0 Å². The van der Waals surface area contributed by atoms with Gasteiger partial charge in [0.15, 0.2) is 0 Å². The Morgan fingerprint density at radius 1 is 1.00 bits per heavy atom. The zero-order valence-electron chi connectivity index (χ0n) is 14.8. The van der Waals surface area contributed by atoms with Crippen LogP contribution in [0.3, 0.4) is 0 Å².